The van der Waals surface area contributed by atoms with Gasteiger partial charge in [-0.1, -0.05) is 11.6 Å². The minimum Gasteiger partial charge on any atom is -0.480 e. The van der Waals surface area contributed by atoms with Gasteiger partial charge in [0.1, 0.15) is 5.75 Å². The number of ether oxygens (including phenoxy) is 1. The molecule has 2 saturated heterocycles. The lowest BCUT2D eigenvalue weighted by Crippen LogP contribution is -2.51. The van der Waals surface area contributed by atoms with E-state index < -0.39 is 6.10 Å². The van der Waals surface area contributed by atoms with Crippen LogP contribution in [0.2, 0.25) is 5.02 Å². The van der Waals surface area contributed by atoms with Crippen LogP contribution in [-0.4, -0.2) is 42.1 Å². The maximum atomic E-state index is 12.8. The Morgan fingerprint density at radius 1 is 1.30 bits per heavy atom. The largest absolute Gasteiger partial charge is 0.480 e. The van der Waals surface area contributed by atoms with Gasteiger partial charge >= 0.3 is 0 Å². The molecule has 126 valence electrons. The molecule has 3 heterocycles. The second-order valence-corrected chi connectivity index (χ2v) is 7.21. The first-order valence-electron chi connectivity index (χ1n) is 8.08. The third-order valence-corrected chi connectivity index (χ3v) is 5.55. The van der Waals surface area contributed by atoms with Crippen molar-refractivity contribution in [2.75, 3.05) is 7.05 Å². The number of carbonyl (C=O) groups excluding carboxylic acids is 1. The van der Waals surface area contributed by atoms with E-state index in [1.54, 1.807) is 6.07 Å². The van der Waals surface area contributed by atoms with Gasteiger partial charge in [0.25, 0.3) is 5.91 Å². The van der Waals surface area contributed by atoms with Crippen molar-refractivity contribution in [2.45, 2.75) is 56.3 Å². The molecule has 0 aliphatic carbocycles. The van der Waals surface area contributed by atoms with E-state index in [1.807, 2.05) is 24.1 Å². The molecule has 6 heteroatoms. The van der Waals surface area contributed by atoms with E-state index >= 15 is 0 Å². The second kappa shape index (κ2) is 6.50. The second-order valence-electron chi connectivity index (χ2n) is 6.77. The number of fused-ring (bicyclic) bond motifs is 3. The fraction of sp³-hybridized carbons (Fsp3) is 0.588. The lowest BCUT2D eigenvalue weighted by Gasteiger charge is -2.36. The van der Waals surface area contributed by atoms with E-state index in [0.717, 1.165) is 24.2 Å². The van der Waals surface area contributed by atoms with Crippen LogP contribution >= 0.6 is 24.0 Å². The van der Waals surface area contributed by atoms with Gasteiger partial charge in [-0.3, -0.25) is 4.79 Å². The number of nitrogens with zero attached hydrogens (tertiary/aromatic N) is 1. The Bertz CT molecular complexity index is 598. The van der Waals surface area contributed by atoms with E-state index in [9.17, 15) is 4.79 Å². The number of hydrogen-bond donors (Lipinski definition) is 1. The molecule has 3 unspecified atom stereocenters. The zero-order chi connectivity index (χ0) is 15.3. The Kier molecular flexibility index (Phi) is 4.77. The Morgan fingerprint density at radius 3 is 2.70 bits per heavy atom. The number of nitrogens with one attached hydrogen (secondary N) is 1. The summed E-state index contributed by atoms with van der Waals surface area (Å²) < 4.78 is 5.84. The SMILES string of the molecule is CN(C(=O)C1Cc2cc(Cl)ccc2O1)C1CC2CCC(C1)N2.Cl. The van der Waals surface area contributed by atoms with Crippen LogP contribution in [0.1, 0.15) is 31.2 Å². The molecule has 1 amide bonds. The summed E-state index contributed by atoms with van der Waals surface area (Å²) in [5.74, 6) is 0.889. The maximum Gasteiger partial charge on any atom is 0.263 e. The monoisotopic (exact) mass is 356 g/mol. The van der Waals surface area contributed by atoms with Crippen molar-refractivity contribution in [1.82, 2.24) is 10.2 Å². The van der Waals surface area contributed by atoms with E-state index in [-0.39, 0.29) is 18.3 Å². The summed E-state index contributed by atoms with van der Waals surface area (Å²) in [6, 6.07) is 7.06. The highest BCUT2D eigenvalue weighted by Crippen LogP contribution is 2.33. The van der Waals surface area contributed by atoms with Crippen molar-refractivity contribution in [1.29, 1.82) is 0 Å². The third kappa shape index (κ3) is 3.17. The summed E-state index contributed by atoms with van der Waals surface area (Å²) in [6.07, 6.45) is 4.83. The fourth-order valence-corrected chi connectivity index (χ4v) is 4.30. The zero-order valence-electron chi connectivity index (χ0n) is 13.1. The van der Waals surface area contributed by atoms with Crippen LogP contribution in [0.4, 0.5) is 0 Å². The molecule has 0 spiro atoms. The van der Waals surface area contributed by atoms with Crippen molar-refractivity contribution in [2.24, 2.45) is 0 Å². The van der Waals surface area contributed by atoms with Crippen molar-refractivity contribution in [3.63, 3.8) is 0 Å². The Labute approximate surface area is 147 Å². The van der Waals surface area contributed by atoms with Crippen LogP contribution in [0.5, 0.6) is 5.75 Å². The first-order chi connectivity index (χ1) is 10.6. The van der Waals surface area contributed by atoms with Gasteiger partial charge in [0.15, 0.2) is 6.10 Å². The lowest BCUT2D eigenvalue weighted by atomic mass is 9.98. The molecule has 3 aliphatic heterocycles. The molecule has 3 aliphatic rings. The van der Waals surface area contributed by atoms with Crippen molar-refractivity contribution >= 4 is 29.9 Å². The van der Waals surface area contributed by atoms with E-state index in [4.69, 9.17) is 16.3 Å². The lowest BCUT2D eigenvalue weighted by molar-refractivity contribution is -0.139. The molecule has 1 N–H and O–H groups in total. The van der Waals surface area contributed by atoms with Gasteiger partial charge in [-0.2, -0.15) is 0 Å². The van der Waals surface area contributed by atoms with Crippen LogP contribution in [0.3, 0.4) is 0 Å². The van der Waals surface area contributed by atoms with Crippen LogP contribution in [-0.2, 0) is 11.2 Å². The van der Waals surface area contributed by atoms with E-state index in [2.05, 4.69) is 5.32 Å². The van der Waals surface area contributed by atoms with Gasteiger partial charge < -0.3 is 15.0 Å². The van der Waals surface area contributed by atoms with Crippen molar-refractivity contribution in [3.05, 3.63) is 28.8 Å². The highest BCUT2D eigenvalue weighted by molar-refractivity contribution is 6.30. The topological polar surface area (TPSA) is 41.6 Å². The smallest absolute Gasteiger partial charge is 0.263 e. The van der Waals surface area contributed by atoms with Crippen LogP contribution in [0.25, 0.3) is 0 Å². The van der Waals surface area contributed by atoms with Crippen LogP contribution < -0.4 is 10.1 Å². The Hall–Kier alpha value is -0.970. The number of amides is 1. The molecule has 2 fully saturated rings. The third-order valence-electron chi connectivity index (χ3n) is 5.32. The van der Waals surface area contributed by atoms with Gasteiger partial charge in [-0.25, -0.2) is 0 Å². The number of rotatable bonds is 2. The fourth-order valence-electron chi connectivity index (χ4n) is 4.11. The van der Waals surface area contributed by atoms with Crippen molar-refractivity contribution in [3.8, 4) is 5.75 Å². The summed E-state index contributed by atoms with van der Waals surface area (Å²) in [5, 5.41) is 4.31. The first kappa shape index (κ1) is 16.9. The minimum absolute atomic E-state index is 0. The zero-order valence-corrected chi connectivity index (χ0v) is 14.7. The quantitative estimate of drug-likeness (QED) is 0.885. The predicted octanol–water partition coefficient (Wildman–Crippen LogP) is 2.81. The number of piperidine rings is 1. The summed E-state index contributed by atoms with van der Waals surface area (Å²) in [7, 11) is 1.93. The van der Waals surface area contributed by atoms with Crippen LogP contribution in [0.15, 0.2) is 18.2 Å². The standard InChI is InChI=1S/C17H21ClN2O2.ClH/c1-20(14-8-12-3-4-13(9-14)19-12)17(21)16-7-10-6-11(18)2-5-15(10)22-16;/h2,5-6,12-14,16,19H,3-4,7-9H2,1H3;1H. The number of hydrogen-bond acceptors (Lipinski definition) is 3. The Balaban J connectivity index is 0.00000156. The molecule has 3 atom stereocenters. The summed E-state index contributed by atoms with van der Waals surface area (Å²) in [6.45, 7) is 0. The number of carbonyl (C=O) groups is 1. The highest BCUT2D eigenvalue weighted by Gasteiger charge is 2.39. The molecule has 0 aromatic heterocycles. The minimum atomic E-state index is -0.397. The normalized spacial score (nSPS) is 31.0. The molecule has 2 bridgehead atoms. The number of halogens is 2. The molecule has 1 aromatic rings. The Morgan fingerprint density at radius 2 is 2.00 bits per heavy atom. The molecule has 23 heavy (non-hydrogen) atoms. The summed E-state index contributed by atoms with van der Waals surface area (Å²) in [4.78, 5) is 14.7. The van der Waals surface area contributed by atoms with Crippen LogP contribution in [0, 0.1) is 0 Å². The predicted molar refractivity (Wildman–Crippen MR) is 92.6 cm³/mol. The average Bonchev–Trinajstić information content (AvgIpc) is 3.08. The summed E-state index contributed by atoms with van der Waals surface area (Å²) >= 11 is 6.02. The molecular formula is C17H22Cl2N2O2. The van der Waals surface area contributed by atoms with Gasteiger partial charge in [0.2, 0.25) is 0 Å². The number of benzene rings is 1. The molecule has 4 rings (SSSR count). The van der Waals surface area contributed by atoms with Gasteiger partial charge in [0.05, 0.1) is 0 Å². The first-order valence-corrected chi connectivity index (χ1v) is 8.46. The number of likely N-dealkylation sites (N-methyl/N-ethyl adjacent to an activating group) is 1. The summed E-state index contributed by atoms with van der Waals surface area (Å²) in [5.41, 5.74) is 1.03. The maximum absolute atomic E-state index is 12.8. The highest BCUT2D eigenvalue weighted by atomic mass is 35.5. The van der Waals surface area contributed by atoms with E-state index in [1.165, 1.54) is 12.8 Å². The van der Waals surface area contributed by atoms with Gasteiger partial charge in [-0.05, 0) is 49.4 Å². The molecule has 1 aromatic carbocycles. The average molecular weight is 357 g/mol. The molecule has 0 radical (unpaired) electrons. The van der Waals surface area contributed by atoms with Gasteiger partial charge in [0, 0.05) is 36.6 Å². The molecular weight excluding hydrogens is 335 g/mol. The molecule has 4 nitrogen and oxygen atoms in total. The van der Waals surface area contributed by atoms with Gasteiger partial charge in [-0.15, -0.1) is 12.4 Å². The molecule has 0 saturated carbocycles. The van der Waals surface area contributed by atoms with Crippen molar-refractivity contribution < 1.29 is 9.53 Å². The van der Waals surface area contributed by atoms with E-state index in [0.29, 0.717) is 29.6 Å².